The van der Waals surface area contributed by atoms with E-state index in [2.05, 4.69) is 69.9 Å². The van der Waals surface area contributed by atoms with Crippen LogP contribution in [0.1, 0.15) is 11.1 Å². The number of hydrogen-bond donors (Lipinski definition) is 2. The quantitative estimate of drug-likeness (QED) is 0.532. The van der Waals surface area contributed by atoms with Crippen molar-refractivity contribution >= 4 is 27.2 Å². The number of fused-ring (bicyclic) bond motifs is 1. The predicted octanol–water partition coefficient (Wildman–Crippen LogP) is 4.04. The third kappa shape index (κ3) is 4.30. The largest absolute Gasteiger partial charge is 0.359 e. The van der Waals surface area contributed by atoms with Gasteiger partial charge in [0.1, 0.15) is 5.01 Å². The molecular formula is C21H21N5S. The number of pyridine rings is 1. The lowest BCUT2D eigenvalue weighted by Crippen LogP contribution is -2.31. The van der Waals surface area contributed by atoms with Gasteiger partial charge < -0.3 is 11.1 Å². The zero-order valence-electron chi connectivity index (χ0n) is 15.1. The number of aryl methyl sites for hydroxylation is 1. The zero-order valence-corrected chi connectivity index (χ0v) is 15.9. The summed E-state index contributed by atoms with van der Waals surface area (Å²) in [6.45, 7) is 2.76. The lowest BCUT2D eigenvalue weighted by Gasteiger charge is -2.12. The van der Waals surface area contributed by atoms with Crippen LogP contribution in [0.5, 0.6) is 0 Å². The molecule has 136 valence electrons. The van der Waals surface area contributed by atoms with Crippen molar-refractivity contribution in [2.45, 2.75) is 19.4 Å². The minimum atomic E-state index is 0.0207. The highest BCUT2D eigenvalue weighted by atomic mass is 32.1. The van der Waals surface area contributed by atoms with Gasteiger partial charge >= 0.3 is 0 Å². The molecule has 0 fully saturated rings. The fourth-order valence-electron chi connectivity index (χ4n) is 3.06. The van der Waals surface area contributed by atoms with E-state index in [1.165, 1.54) is 11.1 Å². The lowest BCUT2D eigenvalue weighted by atomic mass is 10.0. The van der Waals surface area contributed by atoms with Gasteiger partial charge in [0, 0.05) is 35.9 Å². The van der Waals surface area contributed by atoms with Gasteiger partial charge in [-0.25, -0.2) is 0 Å². The van der Waals surface area contributed by atoms with Crippen molar-refractivity contribution in [2.24, 2.45) is 5.73 Å². The molecule has 0 radical (unpaired) electrons. The minimum absolute atomic E-state index is 0.0207. The first-order valence-corrected chi connectivity index (χ1v) is 9.72. The normalized spacial score (nSPS) is 12.2. The van der Waals surface area contributed by atoms with Crippen LogP contribution >= 0.6 is 11.3 Å². The first kappa shape index (κ1) is 17.6. The highest BCUT2D eigenvalue weighted by molar-refractivity contribution is 7.18. The Balaban J connectivity index is 1.40. The molecule has 0 bridgehead atoms. The van der Waals surface area contributed by atoms with E-state index in [4.69, 9.17) is 5.73 Å². The Bertz CT molecular complexity index is 1060. The average Bonchev–Trinajstić information content (AvgIpc) is 3.15. The van der Waals surface area contributed by atoms with Crippen LogP contribution in [-0.4, -0.2) is 27.8 Å². The molecule has 4 rings (SSSR count). The molecule has 1 unspecified atom stereocenters. The van der Waals surface area contributed by atoms with E-state index < -0.39 is 0 Å². The van der Waals surface area contributed by atoms with Crippen LogP contribution in [0.15, 0.2) is 60.9 Å². The molecule has 2 heterocycles. The number of benzene rings is 2. The standard InChI is InChI=1S/C21H21N5S/c1-14-3-2-4-15(9-14)10-19(22)13-24-21-26-25-20(27-21)17-5-6-18-12-23-8-7-16(18)11-17/h2-9,11-12,19H,10,13,22H2,1H3,(H,24,26). The van der Waals surface area contributed by atoms with Gasteiger partial charge in [0.15, 0.2) is 0 Å². The zero-order chi connectivity index (χ0) is 18.6. The maximum absolute atomic E-state index is 6.27. The van der Waals surface area contributed by atoms with Gasteiger partial charge in [-0.1, -0.05) is 53.3 Å². The van der Waals surface area contributed by atoms with Crippen molar-refractivity contribution < 1.29 is 0 Å². The molecule has 0 saturated heterocycles. The van der Waals surface area contributed by atoms with Crippen molar-refractivity contribution in [1.82, 2.24) is 15.2 Å². The Hall–Kier alpha value is -2.83. The highest BCUT2D eigenvalue weighted by Gasteiger charge is 2.09. The molecule has 0 aliphatic heterocycles. The van der Waals surface area contributed by atoms with E-state index in [0.717, 1.165) is 32.9 Å². The SMILES string of the molecule is Cc1cccc(CC(N)CNc2nnc(-c3ccc4cnccc4c3)s2)c1. The number of aromatic nitrogens is 3. The van der Waals surface area contributed by atoms with Crippen LogP contribution in [0.4, 0.5) is 5.13 Å². The Morgan fingerprint density at radius 1 is 1.07 bits per heavy atom. The summed E-state index contributed by atoms with van der Waals surface area (Å²) >= 11 is 1.54. The van der Waals surface area contributed by atoms with Gasteiger partial charge in [0.2, 0.25) is 5.13 Å². The lowest BCUT2D eigenvalue weighted by molar-refractivity contribution is 0.698. The molecule has 1 atom stereocenters. The molecule has 5 nitrogen and oxygen atoms in total. The summed E-state index contributed by atoms with van der Waals surface area (Å²) in [6, 6.07) is 16.7. The van der Waals surface area contributed by atoms with E-state index in [1.54, 1.807) is 17.5 Å². The monoisotopic (exact) mass is 375 g/mol. The molecule has 27 heavy (non-hydrogen) atoms. The van der Waals surface area contributed by atoms with E-state index in [1.807, 2.05) is 12.3 Å². The van der Waals surface area contributed by atoms with Crippen LogP contribution in [-0.2, 0) is 6.42 Å². The fraction of sp³-hybridized carbons (Fsp3) is 0.190. The smallest absolute Gasteiger partial charge is 0.206 e. The van der Waals surface area contributed by atoms with Crippen LogP contribution in [0, 0.1) is 6.92 Å². The number of rotatable bonds is 6. The van der Waals surface area contributed by atoms with Crippen molar-refractivity contribution in [3.05, 3.63) is 72.1 Å². The Morgan fingerprint density at radius 2 is 2.00 bits per heavy atom. The third-order valence-electron chi connectivity index (χ3n) is 4.41. The topological polar surface area (TPSA) is 76.7 Å². The van der Waals surface area contributed by atoms with E-state index in [0.29, 0.717) is 6.54 Å². The maximum Gasteiger partial charge on any atom is 0.206 e. The van der Waals surface area contributed by atoms with Gasteiger partial charge in [-0.15, -0.1) is 10.2 Å². The summed E-state index contributed by atoms with van der Waals surface area (Å²) < 4.78 is 0. The first-order chi connectivity index (χ1) is 13.2. The van der Waals surface area contributed by atoms with Crippen molar-refractivity contribution in [3.63, 3.8) is 0 Å². The third-order valence-corrected chi connectivity index (χ3v) is 5.34. The van der Waals surface area contributed by atoms with Gasteiger partial charge in [-0.3, -0.25) is 4.98 Å². The predicted molar refractivity (Wildman–Crippen MR) is 112 cm³/mol. The van der Waals surface area contributed by atoms with E-state index in [9.17, 15) is 0 Å². The second kappa shape index (κ2) is 7.82. The number of nitrogens with one attached hydrogen (secondary N) is 1. The first-order valence-electron chi connectivity index (χ1n) is 8.90. The Morgan fingerprint density at radius 3 is 2.89 bits per heavy atom. The summed E-state index contributed by atoms with van der Waals surface area (Å²) in [5, 5.41) is 15.8. The fourth-order valence-corrected chi connectivity index (χ4v) is 3.81. The van der Waals surface area contributed by atoms with E-state index in [-0.39, 0.29) is 6.04 Å². The molecule has 0 aliphatic carbocycles. The summed E-state index contributed by atoms with van der Waals surface area (Å²) in [6.07, 6.45) is 4.50. The molecule has 2 aromatic carbocycles. The van der Waals surface area contributed by atoms with Crippen molar-refractivity contribution in [2.75, 3.05) is 11.9 Å². The second-order valence-corrected chi connectivity index (χ2v) is 7.66. The van der Waals surface area contributed by atoms with Crippen molar-refractivity contribution in [3.8, 4) is 10.6 Å². The van der Waals surface area contributed by atoms with Gasteiger partial charge in [0.25, 0.3) is 0 Å². The molecule has 3 N–H and O–H groups in total. The summed E-state index contributed by atoms with van der Waals surface area (Å²) in [7, 11) is 0. The van der Waals surface area contributed by atoms with Gasteiger partial charge in [-0.2, -0.15) is 0 Å². The van der Waals surface area contributed by atoms with Gasteiger partial charge in [-0.05, 0) is 36.4 Å². The van der Waals surface area contributed by atoms with E-state index >= 15 is 0 Å². The molecule has 4 aromatic rings. The second-order valence-electron chi connectivity index (χ2n) is 6.68. The minimum Gasteiger partial charge on any atom is -0.359 e. The Kier molecular flexibility index (Phi) is 5.09. The van der Waals surface area contributed by atoms with Crippen LogP contribution in [0.25, 0.3) is 21.3 Å². The average molecular weight is 376 g/mol. The highest BCUT2D eigenvalue weighted by Crippen LogP contribution is 2.28. The molecule has 0 aliphatic rings. The summed E-state index contributed by atoms with van der Waals surface area (Å²) in [5.41, 5.74) is 9.84. The van der Waals surface area contributed by atoms with Gasteiger partial charge in [0.05, 0.1) is 0 Å². The molecule has 6 heteroatoms. The van der Waals surface area contributed by atoms with Crippen LogP contribution < -0.4 is 11.1 Å². The van der Waals surface area contributed by atoms with Crippen molar-refractivity contribution in [1.29, 1.82) is 0 Å². The molecule has 0 saturated carbocycles. The molecular weight excluding hydrogens is 354 g/mol. The summed E-state index contributed by atoms with van der Waals surface area (Å²) in [4.78, 5) is 4.15. The number of hydrogen-bond acceptors (Lipinski definition) is 6. The molecule has 2 aromatic heterocycles. The Labute approximate surface area is 162 Å². The van der Waals surface area contributed by atoms with Crippen LogP contribution in [0.3, 0.4) is 0 Å². The summed E-state index contributed by atoms with van der Waals surface area (Å²) in [5.74, 6) is 0. The molecule has 0 amide bonds. The van der Waals surface area contributed by atoms with Crippen LogP contribution in [0.2, 0.25) is 0 Å². The number of anilines is 1. The molecule has 0 spiro atoms. The number of nitrogens with zero attached hydrogens (tertiary/aromatic N) is 3. The number of nitrogens with two attached hydrogens (primary N) is 1. The maximum atomic E-state index is 6.27.